The van der Waals surface area contributed by atoms with Crippen molar-refractivity contribution in [2.24, 2.45) is 11.8 Å². The average Bonchev–Trinajstić information content (AvgIpc) is 2.92. The Hall–Kier alpha value is -2.85. The fourth-order valence-electron chi connectivity index (χ4n) is 5.81. The van der Waals surface area contributed by atoms with Gasteiger partial charge >= 0.3 is 12.1 Å². The number of hydrogen-bond donors (Lipinski definition) is 1. The Morgan fingerprint density at radius 3 is 2.27 bits per heavy atom. The molecule has 3 fully saturated rings. The van der Waals surface area contributed by atoms with Gasteiger partial charge in [-0.2, -0.15) is 0 Å². The van der Waals surface area contributed by atoms with E-state index < -0.39 is 11.6 Å². The number of imide groups is 1. The molecule has 0 atom stereocenters. The van der Waals surface area contributed by atoms with Gasteiger partial charge in [0.1, 0.15) is 5.60 Å². The predicted molar refractivity (Wildman–Crippen MR) is 158 cm³/mol. The molecule has 0 bridgehead atoms. The smallest absolute Gasteiger partial charge is 0.410 e. The van der Waals surface area contributed by atoms with E-state index in [1.165, 1.54) is 4.90 Å². The molecule has 3 aliphatic rings. The van der Waals surface area contributed by atoms with E-state index >= 15 is 0 Å². The summed E-state index contributed by atoms with van der Waals surface area (Å²) in [5.74, 6) is 0.777. The molecule has 0 unspecified atom stereocenters. The van der Waals surface area contributed by atoms with Gasteiger partial charge in [-0.3, -0.25) is 19.8 Å². The zero-order chi connectivity index (χ0) is 29.7. The first kappa shape index (κ1) is 31.1. The van der Waals surface area contributed by atoms with E-state index in [-0.39, 0.29) is 30.9 Å². The van der Waals surface area contributed by atoms with E-state index in [1.54, 1.807) is 18.2 Å². The van der Waals surface area contributed by atoms with E-state index in [9.17, 15) is 19.2 Å². The van der Waals surface area contributed by atoms with Gasteiger partial charge in [-0.15, -0.1) is 0 Å². The van der Waals surface area contributed by atoms with Crippen molar-refractivity contribution in [3.05, 3.63) is 28.8 Å². The van der Waals surface area contributed by atoms with Crippen LogP contribution in [0.2, 0.25) is 5.02 Å². The van der Waals surface area contributed by atoms with Crippen LogP contribution in [0.3, 0.4) is 0 Å². The van der Waals surface area contributed by atoms with Crippen LogP contribution in [0.1, 0.15) is 69.7 Å². The van der Waals surface area contributed by atoms with Crippen LogP contribution in [0, 0.1) is 11.8 Å². The SMILES string of the molecule is CN(CCC1CCN(C(=O)c2ccc(Cl)c(N3CCC(=O)NC3=O)c2)CC1)CC1CCN(C(=O)OC(C)(C)C)CC1. The van der Waals surface area contributed by atoms with Gasteiger partial charge in [0, 0.05) is 51.3 Å². The van der Waals surface area contributed by atoms with Crippen LogP contribution in [0.4, 0.5) is 15.3 Å². The lowest BCUT2D eigenvalue weighted by molar-refractivity contribution is -0.120. The molecular formula is C30H44ClN5O5. The summed E-state index contributed by atoms with van der Waals surface area (Å²) in [4.78, 5) is 56.9. The molecule has 11 heteroatoms. The van der Waals surface area contributed by atoms with Gasteiger partial charge in [-0.25, -0.2) is 9.59 Å². The molecule has 41 heavy (non-hydrogen) atoms. The second kappa shape index (κ2) is 13.4. The Morgan fingerprint density at radius 2 is 1.63 bits per heavy atom. The second-order valence-corrected chi connectivity index (χ2v) is 13.0. The Kier molecular flexibility index (Phi) is 10.2. The summed E-state index contributed by atoms with van der Waals surface area (Å²) in [7, 11) is 2.18. The number of carbonyl (C=O) groups is 4. The molecule has 3 saturated heterocycles. The molecule has 3 aliphatic heterocycles. The van der Waals surface area contributed by atoms with E-state index in [2.05, 4.69) is 17.3 Å². The van der Waals surface area contributed by atoms with E-state index in [0.717, 1.165) is 58.3 Å². The summed E-state index contributed by atoms with van der Waals surface area (Å²) in [6, 6.07) is 4.46. The Morgan fingerprint density at radius 1 is 1.00 bits per heavy atom. The number of halogens is 1. The summed E-state index contributed by atoms with van der Waals surface area (Å²) < 4.78 is 5.51. The van der Waals surface area contributed by atoms with Crippen molar-refractivity contribution in [1.29, 1.82) is 0 Å². The number of benzene rings is 1. The standard InChI is InChI=1S/C30H44ClN5O5/c1-30(2,3)41-29(40)35-16-10-22(11-17-35)20-33(4)13-7-21-8-14-34(15-9-21)27(38)23-5-6-24(31)25(19-23)36-18-12-26(37)32-28(36)39/h5-6,19,21-22H,7-18,20H2,1-4H3,(H,32,37,39). The van der Waals surface area contributed by atoms with E-state index in [0.29, 0.717) is 41.2 Å². The third-order valence-electron chi connectivity index (χ3n) is 8.19. The van der Waals surface area contributed by atoms with Crippen LogP contribution in [0.15, 0.2) is 18.2 Å². The molecule has 0 radical (unpaired) electrons. The highest BCUT2D eigenvalue weighted by Crippen LogP contribution is 2.30. The largest absolute Gasteiger partial charge is 0.444 e. The third kappa shape index (κ3) is 8.58. The normalized spacial score (nSPS) is 19.5. The molecule has 226 valence electrons. The van der Waals surface area contributed by atoms with Crippen molar-refractivity contribution in [3.8, 4) is 0 Å². The molecule has 4 rings (SSSR count). The quantitative estimate of drug-likeness (QED) is 0.498. The van der Waals surface area contributed by atoms with Crippen LogP contribution >= 0.6 is 11.6 Å². The van der Waals surface area contributed by atoms with Crippen molar-refractivity contribution in [1.82, 2.24) is 20.0 Å². The lowest BCUT2D eigenvalue weighted by Crippen LogP contribution is -2.49. The molecule has 10 nitrogen and oxygen atoms in total. The van der Waals surface area contributed by atoms with Crippen LogP contribution in [0.25, 0.3) is 0 Å². The maximum Gasteiger partial charge on any atom is 0.410 e. The lowest BCUT2D eigenvalue weighted by Gasteiger charge is -2.36. The minimum atomic E-state index is -0.523. The zero-order valence-corrected chi connectivity index (χ0v) is 25.5. The number of rotatable bonds is 7. The van der Waals surface area contributed by atoms with Gasteiger partial charge < -0.3 is 19.4 Å². The molecule has 1 aromatic carbocycles. The van der Waals surface area contributed by atoms with E-state index in [1.807, 2.05) is 30.6 Å². The minimum Gasteiger partial charge on any atom is -0.444 e. The maximum absolute atomic E-state index is 13.3. The molecule has 1 N–H and O–H groups in total. The van der Waals surface area contributed by atoms with Gasteiger partial charge in [0.05, 0.1) is 10.7 Å². The molecule has 0 aromatic heterocycles. The number of urea groups is 1. The molecule has 5 amide bonds. The summed E-state index contributed by atoms with van der Waals surface area (Å²) in [5.41, 5.74) is 0.466. The first-order chi connectivity index (χ1) is 19.4. The number of nitrogens with one attached hydrogen (secondary N) is 1. The minimum absolute atomic E-state index is 0.0651. The van der Waals surface area contributed by atoms with Crippen LogP contribution < -0.4 is 10.2 Å². The van der Waals surface area contributed by atoms with Crippen molar-refractivity contribution in [2.75, 3.05) is 57.8 Å². The lowest BCUT2D eigenvalue weighted by atomic mass is 9.92. The molecule has 0 aliphatic carbocycles. The van der Waals surface area contributed by atoms with E-state index in [4.69, 9.17) is 16.3 Å². The highest BCUT2D eigenvalue weighted by atomic mass is 35.5. The zero-order valence-electron chi connectivity index (χ0n) is 24.8. The molecular weight excluding hydrogens is 546 g/mol. The fraction of sp³-hybridized carbons (Fsp3) is 0.667. The first-order valence-electron chi connectivity index (χ1n) is 14.8. The topological polar surface area (TPSA) is 103 Å². The summed E-state index contributed by atoms with van der Waals surface area (Å²) >= 11 is 6.35. The summed E-state index contributed by atoms with van der Waals surface area (Å²) in [5, 5.41) is 2.66. The van der Waals surface area contributed by atoms with Gasteiger partial charge in [0.2, 0.25) is 5.91 Å². The number of hydrogen-bond acceptors (Lipinski definition) is 6. The third-order valence-corrected chi connectivity index (χ3v) is 8.51. The molecule has 1 aromatic rings. The van der Waals surface area contributed by atoms with Crippen molar-refractivity contribution in [2.45, 2.75) is 64.9 Å². The number of likely N-dealkylation sites (tertiary alicyclic amines) is 2. The van der Waals surface area contributed by atoms with Gasteiger partial charge in [-0.1, -0.05) is 11.6 Å². The number of anilines is 1. The van der Waals surface area contributed by atoms with Crippen LogP contribution in [0.5, 0.6) is 0 Å². The monoisotopic (exact) mass is 589 g/mol. The Labute approximate surface area is 248 Å². The number of amides is 5. The van der Waals surface area contributed by atoms with Gasteiger partial charge in [0.15, 0.2) is 0 Å². The summed E-state index contributed by atoms with van der Waals surface area (Å²) in [6.07, 6.45) is 5.00. The van der Waals surface area contributed by atoms with Crippen molar-refractivity contribution in [3.63, 3.8) is 0 Å². The fourth-order valence-corrected chi connectivity index (χ4v) is 6.03. The first-order valence-corrected chi connectivity index (χ1v) is 15.1. The number of ether oxygens (including phenoxy) is 1. The molecule has 3 heterocycles. The Balaban J connectivity index is 1.18. The van der Waals surface area contributed by atoms with Crippen molar-refractivity contribution >= 4 is 41.2 Å². The summed E-state index contributed by atoms with van der Waals surface area (Å²) in [6.45, 7) is 10.9. The van der Waals surface area contributed by atoms with Crippen LogP contribution in [-0.2, 0) is 9.53 Å². The average molecular weight is 590 g/mol. The maximum atomic E-state index is 13.3. The number of piperidine rings is 2. The molecule has 0 saturated carbocycles. The number of nitrogens with zero attached hydrogens (tertiary/aromatic N) is 4. The highest BCUT2D eigenvalue weighted by Gasteiger charge is 2.30. The highest BCUT2D eigenvalue weighted by molar-refractivity contribution is 6.34. The van der Waals surface area contributed by atoms with Gasteiger partial charge in [-0.05, 0) is 96.5 Å². The second-order valence-electron chi connectivity index (χ2n) is 12.6. The van der Waals surface area contributed by atoms with Crippen LogP contribution in [-0.4, -0.2) is 97.1 Å². The predicted octanol–water partition coefficient (Wildman–Crippen LogP) is 4.61. The number of carbonyl (C=O) groups excluding carboxylic acids is 4. The molecule has 0 spiro atoms. The van der Waals surface area contributed by atoms with Gasteiger partial charge in [0.25, 0.3) is 5.91 Å². The Bertz CT molecular complexity index is 1120. The van der Waals surface area contributed by atoms with Crippen molar-refractivity contribution < 1.29 is 23.9 Å².